The lowest BCUT2D eigenvalue weighted by molar-refractivity contribution is -0.121. The van der Waals surface area contributed by atoms with Crippen molar-refractivity contribution in [2.75, 3.05) is 33.4 Å². The van der Waals surface area contributed by atoms with Gasteiger partial charge in [-0.05, 0) is 33.4 Å². The molecule has 0 aliphatic carbocycles. The third-order valence-electron chi connectivity index (χ3n) is 1.82. The maximum absolute atomic E-state index is 11.2. The summed E-state index contributed by atoms with van der Waals surface area (Å²) >= 11 is 0. The molecule has 4 heteroatoms. The number of hydrogen-bond acceptors (Lipinski definition) is 3. The Morgan fingerprint density at radius 3 is 2.71 bits per heavy atom. The number of carbonyl (C=O) groups is 1. The highest BCUT2D eigenvalue weighted by Crippen LogP contribution is 1.87. The van der Waals surface area contributed by atoms with E-state index in [1.54, 1.807) is 0 Å². The van der Waals surface area contributed by atoms with Crippen LogP contribution in [0.3, 0.4) is 0 Å². The Bertz CT molecular complexity index is 140. The maximum atomic E-state index is 11.2. The van der Waals surface area contributed by atoms with Crippen molar-refractivity contribution in [2.45, 2.75) is 26.2 Å². The average Bonchev–Trinajstić information content (AvgIpc) is 2.18. The van der Waals surface area contributed by atoms with Crippen molar-refractivity contribution in [1.82, 2.24) is 10.6 Å². The summed E-state index contributed by atoms with van der Waals surface area (Å²) in [6.07, 6.45) is 2.40. The monoisotopic (exact) mass is 202 g/mol. The van der Waals surface area contributed by atoms with E-state index in [0.717, 1.165) is 39.1 Å². The van der Waals surface area contributed by atoms with Gasteiger partial charge in [-0.25, -0.2) is 0 Å². The molecule has 4 nitrogen and oxygen atoms in total. The first-order chi connectivity index (χ1) is 6.81. The summed E-state index contributed by atoms with van der Waals surface area (Å²) in [6, 6.07) is 0. The van der Waals surface area contributed by atoms with Gasteiger partial charge in [0.05, 0.1) is 0 Å². The lowest BCUT2D eigenvalue weighted by Crippen LogP contribution is -2.25. The fraction of sp³-hybridized carbons (Fsp3) is 0.900. The molecule has 1 amide bonds. The van der Waals surface area contributed by atoms with Crippen molar-refractivity contribution < 1.29 is 9.53 Å². The van der Waals surface area contributed by atoms with E-state index in [1.807, 2.05) is 14.0 Å². The molecule has 0 radical (unpaired) electrons. The quantitative estimate of drug-likeness (QED) is 0.536. The van der Waals surface area contributed by atoms with E-state index in [9.17, 15) is 4.79 Å². The normalized spacial score (nSPS) is 10.1. The summed E-state index contributed by atoms with van der Waals surface area (Å²) in [6.45, 7) is 5.06. The van der Waals surface area contributed by atoms with Gasteiger partial charge in [0, 0.05) is 26.2 Å². The van der Waals surface area contributed by atoms with Gasteiger partial charge in [-0.1, -0.05) is 0 Å². The topological polar surface area (TPSA) is 50.4 Å². The fourth-order valence-corrected chi connectivity index (χ4v) is 1.06. The molecule has 0 saturated carbocycles. The summed E-state index contributed by atoms with van der Waals surface area (Å²) in [4.78, 5) is 11.2. The van der Waals surface area contributed by atoms with E-state index in [4.69, 9.17) is 4.74 Å². The van der Waals surface area contributed by atoms with E-state index in [1.165, 1.54) is 0 Å². The number of carbonyl (C=O) groups excluding carboxylic acids is 1. The van der Waals surface area contributed by atoms with Crippen LogP contribution in [0.1, 0.15) is 26.2 Å². The standard InChI is InChI=1S/C10H22N2O2/c1-3-14-9-5-8-12-10(13)6-4-7-11-2/h11H,3-9H2,1-2H3,(H,12,13). The third kappa shape index (κ3) is 9.48. The van der Waals surface area contributed by atoms with E-state index >= 15 is 0 Å². The smallest absolute Gasteiger partial charge is 0.220 e. The van der Waals surface area contributed by atoms with Crippen molar-refractivity contribution in [3.63, 3.8) is 0 Å². The Kier molecular flexibility index (Phi) is 10.0. The van der Waals surface area contributed by atoms with Crippen LogP contribution >= 0.6 is 0 Å². The Labute approximate surface area is 86.4 Å². The Balaban J connectivity index is 3.10. The van der Waals surface area contributed by atoms with Crippen LogP contribution < -0.4 is 10.6 Å². The number of rotatable bonds is 9. The van der Waals surface area contributed by atoms with Gasteiger partial charge in [-0.15, -0.1) is 0 Å². The molecule has 0 aromatic carbocycles. The second kappa shape index (κ2) is 10.5. The first kappa shape index (κ1) is 13.4. The molecular weight excluding hydrogens is 180 g/mol. The molecule has 0 aromatic heterocycles. The zero-order valence-corrected chi connectivity index (χ0v) is 9.27. The molecular formula is C10H22N2O2. The predicted molar refractivity (Wildman–Crippen MR) is 57.3 cm³/mol. The zero-order valence-electron chi connectivity index (χ0n) is 9.27. The van der Waals surface area contributed by atoms with Crippen molar-refractivity contribution in [1.29, 1.82) is 0 Å². The van der Waals surface area contributed by atoms with Gasteiger partial charge in [0.15, 0.2) is 0 Å². The highest BCUT2D eigenvalue weighted by molar-refractivity contribution is 5.75. The lowest BCUT2D eigenvalue weighted by Gasteiger charge is -2.04. The molecule has 0 unspecified atom stereocenters. The molecule has 0 atom stereocenters. The Hall–Kier alpha value is -0.610. The SMILES string of the molecule is CCOCCCNC(=O)CCCNC. The van der Waals surface area contributed by atoms with Gasteiger partial charge in [0.2, 0.25) is 5.91 Å². The van der Waals surface area contributed by atoms with Crippen LogP contribution in [0.5, 0.6) is 0 Å². The molecule has 0 rings (SSSR count). The summed E-state index contributed by atoms with van der Waals surface area (Å²) in [7, 11) is 1.89. The molecule has 0 aromatic rings. The molecule has 2 N–H and O–H groups in total. The van der Waals surface area contributed by atoms with Crippen LogP contribution in [-0.2, 0) is 9.53 Å². The van der Waals surface area contributed by atoms with Gasteiger partial charge >= 0.3 is 0 Å². The highest BCUT2D eigenvalue weighted by atomic mass is 16.5. The van der Waals surface area contributed by atoms with Gasteiger partial charge in [-0.2, -0.15) is 0 Å². The summed E-state index contributed by atoms with van der Waals surface area (Å²) in [5.41, 5.74) is 0. The summed E-state index contributed by atoms with van der Waals surface area (Å²) in [5.74, 6) is 0.136. The minimum Gasteiger partial charge on any atom is -0.382 e. The van der Waals surface area contributed by atoms with Gasteiger partial charge in [0.25, 0.3) is 0 Å². The number of hydrogen-bond donors (Lipinski definition) is 2. The van der Waals surface area contributed by atoms with Gasteiger partial charge in [0.1, 0.15) is 0 Å². The molecule has 0 spiro atoms. The summed E-state index contributed by atoms with van der Waals surface area (Å²) < 4.78 is 5.15. The molecule has 84 valence electrons. The minimum atomic E-state index is 0.136. The number of nitrogens with one attached hydrogen (secondary N) is 2. The van der Waals surface area contributed by atoms with Crippen LogP contribution in [0, 0.1) is 0 Å². The van der Waals surface area contributed by atoms with Gasteiger partial charge in [-0.3, -0.25) is 4.79 Å². The second-order valence-corrected chi connectivity index (χ2v) is 3.11. The molecule has 0 bridgehead atoms. The second-order valence-electron chi connectivity index (χ2n) is 3.11. The average molecular weight is 202 g/mol. The van der Waals surface area contributed by atoms with Crippen LogP contribution in [-0.4, -0.2) is 39.3 Å². The molecule has 0 fully saturated rings. The van der Waals surface area contributed by atoms with Gasteiger partial charge < -0.3 is 15.4 Å². The van der Waals surface area contributed by atoms with Crippen LogP contribution in [0.15, 0.2) is 0 Å². The van der Waals surface area contributed by atoms with Crippen LogP contribution in [0.25, 0.3) is 0 Å². The number of amides is 1. The van der Waals surface area contributed by atoms with Crippen LogP contribution in [0.2, 0.25) is 0 Å². The lowest BCUT2D eigenvalue weighted by atomic mass is 10.3. The molecule has 0 saturated heterocycles. The fourth-order valence-electron chi connectivity index (χ4n) is 1.06. The summed E-state index contributed by atoms with van der Waals surface area (Å²) in [5, 5.41) is 5.86. The number of ether oxygens (including phenoxy) is 1. The Morgan fingerprint density at radius 2 is 2.07 bits per heavy atom. The Morgan fingerprint density at radius 1 is 1.29 bits per heavy atom. The first-order valence-corrected chi connectivity index (χ1v) is 5.30. The largest absolute Gasteiger partial charge is 0.382 e. The van der Waals surface area contributed by atoms with E-state index in [2.05, 4.69) is 10.6 Å². The highest BCUT2D eigenvalue weighted by Gasteiger charge is 1.98. The third-order valence-corrected chi connectivity index (χ3v) is 1.82. The maximum Gasteiger partial charge on any atom is 0.220 e. The van der Waals surface area contributed by atoms with E-state index in [-0.39, 0.29) is 5.91 Å². The van der Waals surface area contributed by atoms with Crippen molar-refractivity contribution in [3.8, 4) is 0 Å². The zero-order chi connectivity index (χ0) is 10.6. The van der Waals surface area contributed by atoms with E-state index < -0.39 is 0 Å². The van der Waals surface area contributed by atoms with Crippen molar-refractivity contribution >= 4 is 5.91 Å². The molecule has 14 heavy (non-hydrogen) atoms. The first-order valence-electron chi connectivity index (χ1n) is 5.30. The van der Waals surface area contributed by atoms with Crippen molar-refractivity contribution in [2.24, 2.45) is 0 Å². The molecule has 0 aliphatic rings. The predicted octanol–water partition coefficient (Wildman–Crippen LogP) is 0.529. The minimum absolute atomic E-state index is 0.136. The van der Waals surface area contributed by atoms with E-state index in [0.29, 0.717) is 6.42 Å². The van der Waals surface area contributed by atoms with Crippen LogP contribution in [0.4, 0.5) is 0 Å². The molecule has 0 aliphatic heterocycles. The van der Waals surface area contributed by atoms with Crippen molar-refractivity contribution in [3.05, 3.63) is 0 Å². The molecule has 0 heterocycles.